The van der Waals surface area contributed by atoms with E-state index >= 15 is 0 Å². The van der Waals surface area contributed by atoms with Crippen LogP contribution in [0.15, 0.2) is 0 Å². The summed E-state index contributed by atoms with van der Waals surface area (Å²) in [6.07, 6.45) is 0. The Hall–Kier alpha value is 2.99. The molecule has 3 radical (unpaired) electrons. The van der Waals surface area contributed by atoms with Crippen molar-refractivity contribution in [2.75, 3.05) is 0 Å². The molecule has 33 valence electrons. The Morgan fingerprint density at radius 3 is 1.33 bits per heavy atom. The van der Waals surface area contributed by atoms with Crippen molar-refractivity contribution in [3.05, 3.63) is 0 Å². The van der Waals surface area contributed by atoms with E-state index in [0.29, 0.717) is 0 Å². The van der Waals surface area contributed by atoms with E-state index in [1.807, 2.05) is 0 Å². The van der Waals surface area contributed by atoms with Crippen LogP contribution in [-0.4, -0.2) is 8.12 Å². The molecule has 6 heavy (non-hydrogen) atoms. The average molecular weight is 405 g/mol. The summed E-state index contributed by atoms with van der Waals surface area (Å²) >= 11 is 4.61. The Bertz CT molecular complexity index is 13.5. The monoisotopic (exact) mass is 405 g/mol. The van der Waals surface area contributed by atoms with E-state index in [1.54, 1.807) is 0 Å². The van der Waals surface area contributed by atoms with Crippen LogP contribution in [0.2, 0.25) is 0 Å². The van der Waals surface area contributed by atoms with Gasteiger partial charge in [0.25, 0.3) is 0 Å². The Kier molecular flexibility index (Phi) is 65.4. The Labute approximate surface area is 91.3 Å². The summed E-state index contributed by atoms with van der Waals surface area (Å²) in [4.78, 5) is 0. The fourth-order valence-corrected chi connectivity index (χ4v) is 0. The third-order valence-electron chi connectivity index (χ3n) is 0. The zero-order chi connectivity index (χ0) is 4.71. The third-order valence-corrected chi connectivity index (χ3v) is 0. The van der Waals surface area contributed by atoms with Gasteiger partial charge in [-0.15, -0.1) is 0 Å². The molecule has 0 unspecified atom stereocenters. The Morgan fingerprint density at radius 2 is 1.33 bits per heavy atom. The van der Waals surface area contributed by atoms with E-state index in [0.717, 1.165) is 3.87 Å². The van der Waals surface area contributed by atoms with E-state index in [1.165, 1.54) is 0 Å². The van der Waals surface area contributed by atoms with Gasteiger partial charge in [0.1, 0.15) is 0 Å². The van der Waals surface area contributed by atoms with Crippen LogP contribution in [0, 0.1) is 0 Å². The summed E-state index contributed by atoms with van der Waals surface area (Å²) < 4.78 is 10.0. The molecular formula is HBFI2PY. The second kappa shape index (κ2) is 24.5. The fourth-order valence-electron chi connectivity index (χ4n) is 0. The van der Waals surface area contributed by atoms with Crippen molar-refractivity contribution in [3.63, 3.8) is 0 Å². The van der Waals surface area contributed by atoms with Gasteiger partial charge >= 0.3 is 8.12 Å². The molecule has 0 N–H and O–H groups in total. The van der Waals surface area contributed by atoms with Gasteiger partial charge < -0.3 is 4.32 Å². The Balaban J connectivity index is -0.0000000275. The average Bonchev–Trinajstić information content (AvgIpc) is 1.46. The Morgan fingerprint density at radius 1 is 1.33 bits per heavy atom. The van der Waals surface area contributed by atoms with Crippen molar-refractivity contribution in [3.8, 4) is 0 Å². The second-order valence-corrected chi connectivity index (χ2v) is 9.64. The van der Waals surface area contributed by atoms with E-state index in [9.17, 15) is 0 Å². The van der Waals surface area contributed by atoms with Gasteiger partial charge in [-0.2, -0.15) is 0 Å². The summed E-state index contributed by atoms with van der Waals surface area (Å²) in [6, 6.07) is 0. The smallest absolute Gasteiger partial charge is 0.350 e. The molecule has 0 amide bonds. The summed E-state index contributed by atoms with van der Waals surface area (Å²) in [5.74, 6) is 0. The van der Waals surface area contributed by atoms with E-state index in [2.05, 4.69) is 52.2 Å². The molecule has 0 saturated heterocycles. The van der Waals surface area contributed by atoms with Gasteiger partial charge in [0.05, 0.1) is 0 Å². The zero-order valence-electron chi connectivity index (χ0n) is 2.79. The van der Waals surface area contributed by atoms with Crippen molar-refractivity contribution in [1.82, 2.24) is 0 Å². The molecule has 0 aliphatic rings. The van der Waals surface area contributed by atoms with Gasteiger partial charge in [0.15, 0.2) is 0 Å². The molecule has 0 aliphatic carbocycles. The molecule has 0 heterocycles. The molecule has 0 aliphatic heterocycles. The molecule has 0 rings (SSSR count). The van der Waals surface area contributed by atoms with Crippen molar-refractivity contribution < 1.29 is 37.0 Å². The van der Waals surface area contributed by atoms with E-state index < -0.39 is 0 Å². The standard InChI is InChI=1S/BF.HI2P.Y/c1-2;1-3-2;/h;3H;. The molecule has 0 aromatic carbocycles. The minimum Gasteiger partial charge on any atom is -0.350 e. The summed E-state index contributed by atoms with van der Waals surface area (Å²) in [6.45, 7) is 0. The van der Waals surface area contributed by atoms with Crippen molar-refractivity contribution in [2.24, 2.45) is 0 Å². The number of rotatable bonds is 0. The molecule has 0 bridgehead atoms. The maximum Gasteiger partial charge on any atom is 0.350 e. The van der Waals surface area contributed by atoms with Crippen molar-refractivity contribution >= 4 is 56.1 Å². The van der Waals surface area contributed by atoms with Crippen LogP contribution >= 0.6 is 47.9 Å². The summed E-state index contributed by atoms with van der Waals surface area (Å²) in [7, 11) is 3.00. The van der Waals surface area contributed by atoms with Crippen LogP contribution in [0.1, 0.15) is 0 Å². The molecule has 0 nitrogen and oxygen atoms in total. The van der Waals surface area contributed by atoms with Crippen molar-refractivity contribution in [2.45, 2.75) is 0 Å². The van der Waals surface area contributed by atoms with Gasteiger partial charge in [-0.3, -0.25) is 0 Å². The largest absolute Gasteiger partial charge is 0.350 e. The van der Waals surface area contributed by atoms with E-state index in [-0.39, 0.29) is 32.7 Å². The van der Waals surface area contributed by atoms with Gasteiger partial charge in [-0.05, 0) is 44.1 Å². The predicted octanol–water partition coefficient (Wildman–Crippen LogP) is 2.40. The van der Waals surface area contributed by atoms with Crippen LogP contribution < -0.4 is 0 Å². The van der Waals surface area contributed by atoms with Crippen LogP contribution in [0.5, 0.6) is 0 Å². The zero-order valence-corrected chi connectivity index (χ0v) is 10.9. The minimum atomic E-state index is 0. The molecule has 0 spiro atoms. The van der Waals surface area contributed by atoms with Crippen LogP contribution in [0.25, 0.3) is 0 Å². The molecule has 0 aromatic heterocycles. The molecule has 6 heteroatoms. The first-order valence-corrected chi connectivity index (χ1v) is 7.82. The first kappa shape index (κ1) is 16.0. The number of hydrogen-bond donors (Lipinski definition) is 0. The maximum atomic E-state index is 9.00. The fraction of sp³-hybridized carbons (Fsp3) is 0. The molecule has 0 saturated carbocycles. The predicted molar refractivity (Wildman–Crippen MR) is 43.2 cm³/mol. The maximum absolute atomic E-state index is 9.00. The van der Waals surface area contributed by atoms with Crippen LogP contribution in [0.4, 0.5) is 4.32 Å². The van der Waals surface area contributed by atoms with Gasteiger partial charge in [0.2, 0.25) is 0 Å². The van der Waals surface area contributed by atoms with E-state index in [4.69, 9.17) is 4.32 Å². The topological polar surface area (TPSA) is 0 Å². The minimum absolute atomic E-state index is 0. The van der Waals surface area contributed by atoms with Gasteiger partial charge in [-0.25, -0.2) is 0 Å². The first-order chi connectivity index (χ1) is 2.41. The molecule has 0 aromatic rings. The molecule has 0 atom stereocenters. The van der Waals surface area contributed by atoms with Crippen molar-refractivity contribution in [1.29, 1.82) is 0 Å². The molecule has 0 fully saturated rings. The second-order valence-electron chi connectivity index (χ2n) is 0.0714. The SMILES string of the molecule is IPI.[B]F.[Y]. The summed E-state index contributed by atoms with van der Waals surface area (Å²) in [5, 5.41) is 0. The van der Waals surface area contributed by atoms with Gasteiger partial charge in [-0.1, -0.05) is 0 Å². The molecular weight excluding hydrogens is 403 g/mol. The number of hydrogen-bond acceptors (Lipinski definition) is 0. The normalized spacial score (nSPS) is 3.83. The number of halogens is 3. The van der Waals surface area contributed by atoms with Crippen LogP contribution in [0.3, 0.4) is 0 Å². The first-order valence-electron chi connectivity index (χ1n) is 0.596. The summed E-state index contributed by atoms with van der Waals surface area (Å²) in [5.41, 5.74) is 0. The van der Waals surface area contributed by atoms with Crippen LogP contribution in [-0.2, 0) is 32.7 Å². The quantitative estimate of drug-likeness (QED) is 0.331. The third kappa shape index (κ3) is 28.1. The van der Waals surface area contributed by atoms with Gasteiger partial charge in [0, 0.05) is 36.6 Å².